The summed E-state index contributed by atoms with van der Waals surface area (Å²) in [5.74, 6) is 3.26. The largest absolute Gasteiger partial charge is 0.370 e. The summed E-state index contributed by atoms with van der Waals surface area (Å²) >= 11 is 6.11. The molecule has 1 aliphatic carbocycles. The molecule has 0 saturated heterocycles. The first kappa shape index (κ1) is 15.6. The molecule has 0 bridgehead atoms. The minimum atomic E-state index is -0.0827. The van der Waals surface area contributed by atoms with E-state index in [0.29, 0.717) is 5.15 Å². The zero-order valence-corrected chi connectivity index (χ0v) is 13.8. The van der Waals surface area contributed by atoms with E-state index in [-0.39, 0.29) is 5.41 Å². The van der Waals surface area contributed by atoms with Crippen LogP contribution in [-0.4, -0.2) is 16.5 Å². The maximum absolute atomic E-state index is 6.11. The van der Waals surface area contributed by atoms with Gasteiger partial charge in [-0.3, -0.25) is 0 Å². The zero-order valence-electron chi connectivity index (χ0n) is 13.0. The van der Waals surface area contributed by atoms with Crippen LogP contribution >= 0.6 is 11.6 Å². The molecule has 2 rings (SSSR count). The van der Waals surface area contributed by atoms with Gasteiger partial charge in [0.2, 0.25) is 0 Å². The predicted molar refractivity (Wildman–Crippen MR) is 85.4 cm³/mol. The number of nitrogens with one attached hydrogen (secondary N) is 1. The summed E-state index contributed by atoms with van der Waals surface area (Å²) in [7, 11) is 0. The number of aromatic nitrogens is 2. The molecule has 0 amide bonds. The smallest absolute Gasteiger partial charge is 0.137 e. The molecule has 0 spiro atoms. The van der Waals surface area contributed by atoms with E-state index < -0.39 is 0 Å². The van der Waals surface area contributed by atoms with Gasteiger partial charge in [0.25, 0.3) is 0 Å². The molecule has 2 unspecified atom stereocenters. The topological polar surface area (TPSA) is 37.8 Å². The van der Waals surface area contributed by atoms with E-state index in [9.17, 15) is 0 Å². The number of nitrogens with zero attached hydrogens (tertiary/aromatic N) is 2. The van der Waals surface area contributed by atoms with Crippen molar-refractivity contribution in [3.63, 3.8) is 0 Å². The van der Waals surface area contributed by atoms with Gasteiger partial charge in [-0.25, -0.2) is 9.97 Å². The number of hydrogen-bond acceptors (Lipinski definition) is 3. The Balaban J connectivity index is 2.00. The Hall–Kier alpha value is -0.830. The van der Waals surface area contributed by atoms with Crippen LogP contribution in [0.15, 0.2) is 6.07 Å². The van der Waals surface area contributed by atoms with Crippen LogP contribution in [0.25, 0.3) is 0 Å². The van der Waals surface area contributed by atoms with Crippen LogP contribution in [0.2, 0.25) is 5.15 Å². The van der Waals surface area contributed by atoms with Gasteiger partial charge in [-0.15, -0.1) is 0 Å². The molecule has 4 heteroatoms. The Morgan fingerprint density at radius 3 is 2.70 bits per heavy atom. The molecule has 112 valence electrons. The van der Waals surface area contributed by atoms with E-state index in [1.54, 1.807) is 0 Å². The second kappa shape index (κ2) is 6.30. The van der Waals surface area contributed by atoms with Crippen molar-refractivity contribution in [2.24, 2.45) is 11.8 Å². The molecule has 3 nitrogen and oxygen atoms in total. The molecular formula is C16H26ClN3. The number of halogens is 1. The highest BCUT2D eigenvalue weighted by molar-refractivity contribution is 6.29. The monoisotopic (exact) mass is 295 g/mol. The Bertz CT molecular complexity index is 454. The Labute approximate surface area is 127 Å². The second-order valence-corrected chi connectivity index (χ2v) is 7.56. The first-order chi connectivity index (χ1) is 9.34. The van der Waals surface area contributed by atoms with Crippen molar-refractivity contribution in [2.75, 3.05) is 11.9 Å². The van der Waals surface area contributed by atoms with Gasteiger partial charge in [0.1, 0.15) is 16.8 Å². The van der Waals surface area contributed by atoms with E-state index in [1.165, 1.54) is 25.7 Å². The van der Waals surface area contributed by atoms with Crippen molar-refractivity contribution in [1.29, 1.82) is 0 Å². The van der Waals surface area contributed by atoms with Gasteiger partial charge in [-0.1, -0.05) is 52.1 Å². The van der Waals surface area contributed by atoms with E-state index in [4.69, 9.17) is 11.6 Å². The Morgan fingerprint density at radius 1 is 1.30 bits per heavy atom. The summed E-state index contributed by atoms with van der Waals surface area (Å²) < 4.78 is 0. The third-order valence-corrected chi connectivity index (χ3v) is 4.18. The fourth-order valence-electron chi connectivity index (χ4n) is 2.84. The van der Waals surface area contributed by atoms with Crippen molar-refractivity contribution in [3.05, 3.63) is 17.0 Å². The van der Waals surface area contributed by atoms with E-state index in [1.807, 2.05) is 6.07 Å². The van der Waals surface area contributed by atoms with Crippen LogP contribution in [0.4, 0.5) is 5.82 Å². The summed E-state index contributed by atoms with van der Waals surface area (Å²) in [5.41, 5.74) is -0.0827. The van der Waals surface area contributed by atoms with Crippen LogP contribution in [0, 0.1) is 11.8 Å². The highest BCUT2D eigenvalue weighted by Crippen LogP contribution is 2.29. The lowest BCUT2D eigenvalue weighted by Crippen LogP contribution is -2.22. The van der Waals surface area contributed by atoms with Crippen LogP contribution < -0.4 is 5.32 Å². The van der Waals surface area contributed by atoms with E-state index >= 15 is 0 Å². The fraction of sp³-hybridized carbons (Fsp3) is 0.750. The molecule has 0 aliphatic heterocycles. The lowest BCUT2D eigenvalue weighted by molar-refractivity contribution is 0.293. The van der Waals surface area contributed by atoms with E-state index in [0.717, 1.165) is 30.0 Å². The highest BCUT2D eigenvalue weighted by atomic mass is 35.5. The minimum Gasteiger partial charge on any atom is -0.370 e. The first-order valence-corrected chi connectivity index (χ1v) is 8.01. The van der Waals surface area contributed by atoms with Gasteiger partial charge >= 0.3 is 0 Å². The van der Waals surface area contributed by atoms with Gasteiger partial charge in [0.05, 0.1) is 0 Å². The number of anilines is 1. The van der Waals surface area contributed by atoms with Crippen LogP contribution in [-0.2, 0) is 5.41 Å². The van der Waals surface area contributed by atoms with Gasteiger partial charge in [0, 0.05) is 18.0 Å². The molecule has 0 aromatic carbocycles. The predicted octanol–water partition coefficient (Wildman–Crippen LogP) is 4.67. The molecule has 1 aliphatic rings. The maximum atomic E-state index is 6.11. The average molecular weight is 296 g/mol. The van der Waals surface area contributed by atoms with Crippen molar-refractivity contribution in [3.8, 4) is 0 Å². The summed E-state index contributed by atoms with van der Waals surface area (Å²) in [6, 6.07) is 1.82. The molecular weight excluding hydrogens is 270 g/mol. The van der Waals surface area contributed by atoms with Crippen LogP contribution in [0.1, 0.15) is 59.2 Å². The first-order valence-electron chi connectivity index (χ1n) is 7.63. The molecule has 2 atom stereocenters. The van der Waals surface area contributed by atoms with E-state index in [2.05, 4.69) is 43.0 Å². The Morgan fingerprint density at radius 2 is 2.05 bits per heavy atom. The summed E-state index contributed by atoms with van der Waals surface area (Å²) in [6.07, 6.45) is 5.37. The quantitative estimate of drug-likeness (QED) is 0.824. The standard InChI is InChI=1S/C16H26ClN3/c1-11-6-5-7-12(8-11)10-18-14-9-13(17)19-15(20-14)16(2,3)4/h9,11-12H,5-8,10H2,1-4H3,(H,18,19,20). The third kappa shape index (κ3) is 4.34. The second-order valence-electron chi connectivity index (χ2n) is 7.17. The summed E-state index contributed by atoms with van der Waals surface area (Å²) in [4.78, 5) is 8.93. The summed E-state index contributed by atoms with van der Waals surface area (Å²) in [5, 5.41) is 3.97. The lowest BCUT2D eigenvalue weighted by atomic mass is 9.82. The van der Waals surface area contributed by atoms with Gasteiger partial charge < -0.3 is 5.32 Å². The lowest BCUT2D eigenvalue weighted by Gasteiger charge is -2.27. The fourth-order valence-corrected chi connectivity index (χ4v) is 3.02. The zero-order chi connectivity index (χ0) is 14.8. The van der Waals surface area contributed by atoms with Gasteiger partial charge in [-0.05, 0) is 24.7 Å². The normalized spacial score (nSPS) is 23.6. The van der Waals surface area contributed by atoms with Crippen molar-refractivity contribution < 1.29 is 0 Å². The van der Waals surface area contributed by atoms with Gasteiger partial charge in [-0.2, -0.15) is 0 Å². The molecule has 1 aromatic heterocycles. The SMILES string of the molecule is CC1CCCC(CNc2cc(Cl)nc(C(C)(C)C)n2)C1. The molecule has 0 radical (unpaired) electrons. The maximum Gasteiger partial charge on any atom is 0.137 e. The summed E-state index contributed by atoms with van der Waals surface area (Å²) in [6.45, 7) is 9.65. The van der Waals surface area contributed by atoms with Crippen molar-refractivity contribution >= 4 is 17.4 Å². The molecule has 1 fully saturated rings. The number of hydrogen-bond donors (Lipinski definition) is 1. The average Bonchev–Trinajstić information content (AvgIpc) is 2.35. The molecule has 1 N–H and O–H groups in total. The highest BCUT2D eigenvalue weighted by Gasteiger charge is 2.21. The molecule has 1 saturated carbocycles. The molecule has 1 heterocycles. The van der Waals surface area contributed by atoms with Gasteiger partial charge in [0.15, 0.2) is 0 Å². The van der Waals surface area contributed by atoms with Crippen LogP contribution in [0.5, 0.6) is 0 Å². The Kier molecular flexibility index (Phi) is 4.90. The molecule has 20 heavy (non-hydrogen) atoms. The minimum absolute atomic E-state index is 0.0827. The number of rotatable bonds is 3. The van der Waals surface area contributed by atoms with Crippen molar-refractivity contribution in [2.45, 2.75) is 58.8 Å². The van der Waals surface area contributed by atoms with Crippen molar-refractivity contribution in [1.82, 2.24) is 9.97 Å². The van der Waals surface area contributed by atoms with Crippen LogP contribution in [0.3, 0.4) is 0 Å². The third-order valence-electron chi connectivity index (χ3n) is 3.98. The molecule has 1 aromatic rings.